The highest BCUT2D eigenvalue weighted by molar-refractivity contribution is 7.91. The van der Waals surface area contributed by atoms with E-state index in [2.05, 4.69) is 4.98 Å². The summed E-state index contributed by atoms with van der Waals surface area (Å²) in [7, 11) is -3.38. The molecule has 0 radical (unpaired) electrons. The summed E-state index contributed by atoms with van der Waals surface area (Å²) in [6.07, 6.45) is 1.62. The molecule has 0 aromatic carbocycles. The van der Waals surface area contributed by atoms with Gasteiger partial charge in [0, 0.05) is 12.7 Å². The van der Waals surface area contributed by atoms with Crippen LogP contribution in [-0.4, -0.2) is 59.4 Å². The first-order valence-electron chi connectivity index (χ1n) is 6.12. The van der Waals surface area contributed by atoms with Gasteiger partial charge < -0.3 is 10.0 Å². The Labute approximate surface area is 120 Å². The predicted molar refractivity (Wildman–Crippen MR) is 69.9 cm³/mol. The van der Waals surface area contributed by atoms with E-state index in [9.17, 15) is 22.4 Å². The molecule has 9 heteroatoms. The highest BCUT2D eigenvalue weighted by Gasteiger charge is 2.35. The standard InChI is InChI=1S/C12H13FN2O5S/c13-9-3-8(5-14-6-9)12(18)15-1-2-21(19,20)7-10(15)4-11(16)17/h3,5-6,10H,1-2,4,7H2,(H,16,17). The fraction of sp³-hybridized carbons (Fsp3) is 0.417. The lowest BCUT2D eigenvalue weighted by Crippen LogP contribution is -2.52. The van der Waals surface area contributed by atoms with Gasteiger partial charge in [0.05, 0.1) is 35.7 Å². The van der Waals surface area contributed by atoms with Crippen molar-refractivity contribution in [3.63, 3.8) is 0 Å². The highest BCUT2D eigenvalue weighted by atomic mass is 32.2. The number of amides is 1. The summed E-state index contributed by atoms with van der Waals surface area (Å²) in [4.78, 5) is 27.8. The lowest BCUT2D eigenvalue weighted by atomic mass is 10.1. The number of halogens is 1. The fourth-order valence-corrected chi connectivity index (χ4v) is 3.74. The molecular weight excluding hydrogens is 303 g/mol. The average molecular weight is 316 g/mol. The van der Waals surface area contributed by atoms with Gasteiger partial charge in [-0.2, -0.15) is 0 Å². The second-order valence-corrected chi connectivity index (χ2v) is 6.99. The van der Waals surface area contributed by atoms with E-state index in [1.807, 2.05) is 0 Å². The van der Waals surface area contributed by atoms with Crippen molar-refractivity contribution in [1.82, 2.24) is 9.88 Å². The number of carbonyl (C=O) groups excluding carboxylic acids is 1. The van der Waals surface area contributed by atoms with Crippen molar-refractivity contribution in [1.29, 1.82) is 0 Å². The minimum absolute atomic E-state index is 0.0373. The van der Waals surface area contributed by atoms with E-state index in [1.54, 1.807) is 0 Å². The van der Waals surface area contributed by atoms with E-state index in [1.165, 1.54) is 0 Å². The maximum Gasteiger partial charge on any atom is 0.305 e. The van der Waals surface area contributed by atoms with Gasteiger partial charge in [-0.25, -0.2) is 12.8 Å². The number of hydrogen-bond acceptors (Lipinski definition) is 5. The van der Waals surface area contributed by atoms with Crippen molar-refractivity contribution in [3.05, 3.63) is 29.8 Å². The van der Waals surface area contributed by atoms with Crippen LogP contribution in [0.15, 0.2) is 18.5 Å². The number of rotatable bonds is 3. The van der Waals surface area contributed by atoms with E-state index in [4.69, 9.17) is 5.11 Å². The van der Waals surface area contributed by atoms with Crippen molar-refractivity contribution in [2.24, 2.45) is 0 Å². The second-order valence-electron chi connectivity index (χ2n) is 4.76. The van der Waals surface area contributed by atoms with Crippen molar-refractivity contribution in [2.75, 3.05) is 18.1 Å². The van der Waals surface area contributed by atoms with E-state index >= 15 is 0 Å². The van der Waals surface area contributed by atoms with Crippen LogP contribution in [0.2, 0.25) is 0 Å². The molecule has 2 rings (SSSR count). The Morgan fingerprint density at radius 3 is 2.76 bits per heavy atom. The monoisotopic (exact) mass is 316 g/mol. The number of carbonyl (C=O) groups is 2. The van der Waals surface area contributed by atoms with Crippen molar-refractivity contribution in [3.8, 4) is 0 Å². The molecule has 114 valence electrons. The molecule has 1 saturated heterocycles. The Morgan fingerprint density at radius 1 is 1.43 bits per heavy atom. The molecule has 1 aromatic heterocycles. The van der Waals surface area contributed by atoms with Crippen LogP contribution in [0, 0.1) is 5.82 Å². The zero-order valence-electron chi connectivity index (χ0n) is 10.9. The van der Waals surface area contributed by atoms with Gasteiger partial charge in [-0.3, -0.25) is 14.6 Å². The molecule has 0 bridgehead atoms. The molecule has 1 aliphatic rings. The Balaban J connectivity index is 2.27. The third kappa shape index (κ3) is 3.75. The normalized spacial score (nSPS) is 21.0. The number of pyridine rings is 1. The zero-order chi connectivity index (χ0) is 15.6. The summed E-state index contributed by atoms with van der Waals surface area (Å²) in [6.45, 7) is -0.115. The van der Waals surface area contributed by atoms with Gasteiger partial charge in [-0.05, 0) is 6.07 Å². The third-order valence-corrected chi connectivity index (χ3v) is 4.85. The summed E-state index contributed by atoms with van der Waals surface area (Å²) in [5.74, 6) is -3.17. The van der Waals surface area contributed by atoms with Gasteiger partial charge in [0.2, 0.25) is 0 Å². The highest BCUT2D eigenvalue weighted by Crippen LogP contribution is 2.18. The fourth-order valence-electron chi connectivity index (χ4n) is 2.22. The average Bonchev–Trinajstić information content (AvgIpc) is 2.36. The van der Waals surface area contributed by atoms with Crippen LogP contribution in [0.1, 0.15) is 16.8 Å². The molecule has 1 aromatic rings. The zero-order valence-corrected chi connectivity index (χ0v) is 11.7. The molecule has 0 aliphatic carbocycles. The molecule has 1 fully saturated rings. The van der Waals surface area contributed by atoms with E-state index in [-0.39, 0.29) is 17.9 Å². The van der Waals surface area contributed by atoms with E-state index in [0.29, 0.717) is 0 Å². The van der Waals surface area contributed by atoms with Crippen molar-refractivity contribution >= 4 is 21.7 Å². The van der Waals surface area contributed by atoms with Crippen LogP contribution in [0.25, 0.3) is 0 Å². The molecule has 0 spiro atoms. The van der Waals surface area contributed by atoms with Gasteiger partial charge >= 0.3 is 5.97 Å². The third-order valence-electron chi connectivity index (χ3n) is 3.15. The van der Waals surface area contributed by atoms with Crippen LogP contribution >= 0.6 is 0 Å². The Morgan fingerprint density at radius 2 is 2.14 bits per heavy atom. The number of aliphatic carboxylic acids is 1. The lowest BCUT2D eigenvalue weighted by molar-refractivity contribution is -0.138. The molecule has 0 saturated carbocycles. The second kappa shape index (κ2) is 5.76. The van der Waals surface area contributed by atoms with E-state index < -0.39 is 45.7 Å². The number of nitrogens with zero attached hydrogens (tertiary/aromatic N) is 2. The number of hydrogen-bond donors (Lipinski definition) is 1. The molecule has 7 nitrogen and oxygen atoms in total. The summed E-state index contributed by atoms with van der Waals surface area (Å²) >= 11 is 0. The number of carboxylic acids is 1. The quantitative estimate of drug-likeness (QED) is 0.837. The SMILES string of the molecule is O=C(O)CC1CS(=O)(=O)CCN1C(=O)c1cncc(F)c1. The smallest absolute Gasteiger partial charge is 0.305 e. The minimum atomic E-state index is -3.38. The molecular formula is C12H13FN2O5S. The van der Waals surface area contributed by atoms with Crippen LogP contribution in [0.4, 0.5) is 4.39 Å². The van der Waals surface area contributed by atoms with Gasteiger partial charge in [0.1, 0.15) is 5.82 Å². The van der Waals surface area contributed by atoms with Crippen molar-refractivity contribution < 1.29 is 27.5 Å². The Bertz CT molecular complexity index is 676. The molecule has 2 heterocycles. The molecule has 1 amide bonds. The molecule has 1 unspecified atom stereocenters. The van der Waals surface area contributed by atoms with Crippen molar-refractivity contribution in [2.45, 2.75) is 12.5 Å². The van der Waals surface area contributed by atoms with Crippen LogP contribution < -0.4 is 0 Å². The van der Waals surface area contributed by atoms with Crippen LogP contribution in [0.5, 0.6) is 0 Å². The summed E-state index contributed by atoms with van der Waals surface area (Å²) in [5.41, 5.74) is -0.0373. The summed E-state index contributed by atoms with van der Waals surface area (Å²) in [6, 6.07) is 0.0213. The topological polar surface area (TPSA) is 105 Å². The molecule has 1 aliphatic heterocycles. The number of sulfone groups is 1. The molecule has 1 atom stereocenters. The van der Waals surface area contributed by atoms with Gasteiger partial charge in [0.15, 0.2) is 9.84 Å². The van der Waals surface area contributed by atoms with Gasteiger partial charge in [-0.1, -0.05) is 0 Å². The number of carboxylic acid groups (broad SMARTS) is 1. The molecule has 21 heavy (non-hydrogen) atoms. The first-order valence-corrected chi connectivity index (χ1v) is 7.94. The summed E-state index contributed by atoms with van der Waals surface area (Å²) in [5, 5.41) is 8.85. The van der Waals surface area contributed by atoms with Crippen LogP contribution in [0.3, 0.4) is 0 Å². The minimum Gasteiger partial charge on any atom is -0.481 e. The predicted octanol–water partition coefficient (Wildman–Crippen LogP) is -0.0654. The number of aromatic nitrogens is 1. The molecule has 1 N–H and O–H groups in total. The first kappa shape index (κ1) is 15.4. The largest absolute Gasteiger partial charge is 0.481 e. The Hall–Kier alpha value is -2.03. The maximum atomic E-state index is 13.1. The Kier molecular flexibility index (Phi) is 4.21. The first-order chi connectivity index (χ1) is 9.78. The summed E-state index contributed by atoms with van der Waals surface area (Å²) < 4.78 is 36.3. The van der Waals surface area contributed by atoms with Gasteiger partial charge in [-0.15, -0.1) is 0 Å². The van der Waals surface area contributed by atoms with Crippen LogP contribution in [-0.2, 0) is 14.6 Å². The lowest BCUT2D eigenvalue weighted by Gasteiger charge is -2.34. The van der Waals surface area contributed by atoms with Gasteiger partial charge in [0.25, 0.3) is 5.91 Å². The van der Waals surface area contributed by atoms with E-state index in [0.717, 1.165) is 23.4 Å². The maximum absolute atomic E-state index is 13.1.